The van der Waals surface area contributed by atoms with Gasteiger partial charge in [0.2, 0.25) is 0 Å². The fourth-order valence-electron chi connectivity index (χ4n) is 2.64. The topological polar surface area (TPSA) is 37.8 Å². The number of rotatable bonds is 5. The first-order valence-electron chi connectivity index (χ1n) is 8.12. The molecule has 0 unspecified atom stereocenters. The maximum Gasteiger partial charge on any atom is 0.138 e. The molecule has 4 heteroatoms. The Hall–Kier alpha value is -0.610. The third kappa shape index (κ3) is 6.35. The molecule has 0 saturated heterocycles. The summed E-state index contributed by atoms with van der Waals surface area (Å²) in [6.45, 7) is 9.42. The minimum absolute atomic E-state index is 0.121. The van der Waals surface area contributed by atoms with Gasteiger partial charge in [0.25, 0.3) is 0 Å². The summed E-state index contributed by atoms with van der Waals surface area (Å²) in [6, 6.07) is 2.09. The van der Waals surface area contributed by atoms with Gasteiger partial charge in [-0.2, -0.15) is 11.8 Å². The molecule has 0 bridgehead atoms. The Kier molecular flexibility index (Phi) is 6.06. The number of nitrogens with one attached hydrogen (secondary N) is 1. The van der Waals surface area contributed by atoms with Gasteiger partial charge in [0.15, 0.2) is 0 Å². The molecule has 0 aromatic carbocycles. The average Bonchev–Trinajstić information content (AvgIpc) is 2.43. The number of aromatic nitrogens is 2. The van der Waals surface area contributed by atoms with Crippen molar-refractivity contribution in [3.8, 4) is 0 Å². The quantitative estimate of drug-likeness (QED) is 0.883. The molecular formula is C17H29N3S. The van der Waals surface area contributed by atoms with Crippen LogP contribution in [0.3, 0.4) is 0 Å². The highest BCUT2D eigenvalue weighted by Crippen LogP contribution is 2.29. The molecule has 0 radical (unpaired) electrons. The second kappa shape index (κ2) is 7.59. The van der Waals surface area contributed by atoms with Crippen LogP contribution in [0.25, 0.3) is 0 Å². The predicted molar refractivity (Wildman–Crippen MR) is 91.5 cm³/mol. The van der Waals surface area contributed by atoms with Gasteiger partial charge in [-0.15, -0.1) is 0 Å². The lowest BCUT2D eigenvalue weighted by Gasteiger charge is -2.21. The maximum absolute atomic E-state index is 4.73. The maximum atomic E-state index is 4.73. The first-order valence-corrected chi connectivity index (χ1v) is 9.17. The fraction of sp³-hybridized carbons (Fsp3) is 0.765. The van der Waals surface area contributed by atoms with E-state index in [1.54, 1.807) is 0 Å². The van der Waals surface area contributed by atoms with Crippen LogP contribution in [0, 0.1) is 6.92 Å². The molecule has 1 aliphatic rings. The molecule has 0 aliphatic heterocycles. The molecule has 1 heterocycles. The lowest BCUT2D eigenvalue weighted by atomic mass is 10.0. The molecule has 2 rings (SSSR count). The summed E-state index contributed by atoms with van der Waals surface area (Å²) in [4.78, 5) is 9.33. The summed E-state index contributed by atoms with van der Waals surface area (Å²) >= 11 is 2.05. The Morgan fingerprint density at radius 3 is 2.57 bits per heavy atom. The number of aryl methyl sites for hydroxylation is 1. The Balaban J connectivity index is 1.91. The van der Waals surface area contributed by atoms with Gasteiger partial charge < -0.3 is 5.32 Å². The lowest BCUT2D eigenvalue weighted by Crippen LogP contribution is -2.35. The summed E-state index contributed by atoms with van der Waals surface area (Å²) in [6.07, 6.45) is 6.95. The highest BCUT2D eigenvalue weighted by Gasteiger charge is 2.15. The summed E-state index contributed by atoms with van der Waals surface area (Å²) in [5.74, 6) is 1.95. The van der Waals surface area contributed by atoms with Crippen LogP contribution >= 0.6 is 11.8 Å². The van der Waals surface area contributed by atoms with E-state index in [9.17, 15) is 0 Å². The van der Waals surface area contributed by atoms with Crippen LogP contribution in [-0.4, -0.2) is 20.8 Å². The van der Waals surface area contributed by atoms with Crippen LogP contribution in [0.15, 0.2) is 6.07 Å². The Morgan fingerprint density at radius 1 is 1.19 bits per heavy atom. The Morgan fingerprint density at radius 2 is 1.90 bits per heavy atom. The van der Waals surface area contributed by atoms with Crippen LogP contribution in [0.5, 0.6) is 0 Å². The molecule has 118 valence electrons. The molecule has 3 nitrogen and oxygen atoms in total. The number of hydrogen-bond donors (Lipinski definition) is 1. The zero-order chi connectivity index (χ0) is 15.3. The predicted octanol–water partition coefficient (Wildman–Crippen LogP) is 4.24. The minimum Gasteiger partial charge on any atom is -0.306 e. The van der Waals surface area contributed by atoms with Gasteiger partial charge in [-0.1, -0.05) is 19.3 Å². The zero-order valence-corrected chi connectivity index (χ0v) is 14.7. The smallest absolute Gasteiger partial charge is 0.138 e. The van der Waals surface area contributed by atoms with Crippen molar-refractivity contribution >= 4 is 11.8 Å². The van der Waals surface area contributed by atoms with Crippen LogP contribution < -0.4 is 5.32 Å². The standard InChI is InChI=1S/C17H29N3S/c1-13-10-14(11-18-17(2,3)4)20-16(19-13)12-21-15-8-6-5-7-9-15/h10,15,18H,5-9,11-12H2,1-4H3. The third-order valence-electron chi connectivity index (χ3n) is 3.75. The summed E-state index contributed by atoms with van der Waals surface area (Å²) in [7, 11) is 0. The summed E-state index contributed by atoms with van der Waals surface area (Å²) in [5, 5.41) is 4.32. The van der Waals surface area contributed by atoms with Crippen molar-refractivity contribution in [3.63, 3.8) is 0 Å². The van der Waals surface area contributed by atoms with E-state index in [1.165, 1.54) is 32.1 Å². The normalized spacial score (nSPS) is 17.1. The SMILES string of the molecule is Cc1cc(CNC(C)(C)C)nc(CSC2CCCCC2)n1. The molecule has 1 aromatic rings. The fourth-order valence-corrected chi connectivity index (χ4v) is 3.82. The summed E-state index contributed by atoms with van der Waals surface area (Å²) in [5.41, 5.74) is 2.31. The van der Waals surface area contributed by atoms with Crippen molar-refractivity contribution in [2.24, 2.45) is 0 Å². The van der Waals surface area contributed by atoms with E-state index in [1.807, 2.05) is 11.8 Å². The molecule has 1 N–H and O–H groups in total. The van der Waals surface area contributed by atoms with Gasteiger partial charge in [-0.25, -0.2) is 9.97 Å². The van der Waals surface area contributed by atoms with Gasteiger partial charge in [0.05, 0.1) is 11.4 Å². The van der Waals surface area contributed by atoms with E-state index in [-0.39, 0.29) is 5.54 Å². The van der Waals surface area contributed by atoms with Gasteiger partial charge >= 0.3 is 0 Å². The van der Waals surface area contributed by atoms with E-state index < -0.39 is 0 Å². The van der Waals surface area contributed by atoms with Crippen LogP contribution in [0.1, 0.15) is 70.1 Å². The van der Waals surface area contributed by atoms with Crippen LogP contribution in [0.2, 0.25) is 0 Å². The number of hydrogen-bond acceptors (Lipinski definition) is 4. The molecule has 0 atom stereocenters. The molecular weight excluding hydrogens is 278 g/mol. The van der Waals surface area contributed by atoms with E-state index >= 15 is 0 Å². The van der Waals surface area contributed by atoms with Gasteiger partial charge in [-0.3, -0.25) is 0 Å². The molecule has 1 saturated carbocycles. The van der Waals surface area contributed by atoms with E-state index in [2.05, 4.69) is 44.1 Å². The largest absolute Gasteiger partial charge is 0.306 e. The van der Waals surface area contributed by atoms with Crippen molar-refractivity contribution in [2.75, 3.05) is 0 Å². The van der Waals surface area contributed by atoms with Crippen molar-refractivity contribution < 1.29 is 0 Å². The summed E-state index contributed by atoms with van der Waals surface area (Å²) < 4.78 is 0. The third-order valence-corrected chi connectivity index (χ3v) is 5.12. The molecule has 21 heavy (non-hydrogen) atoms. The molecule has 0 amide bonds. The second-order valence-corrected chi connectivity index (χ2v) is 8.38. The lowest BCUT2D eigenvalue weighted by molar-refractivity contribution is 0.420. The van der Waals surface area contributed by atoms with E-state index in [0.717, 1.165) is 34.8 Å². The van der Waals surface area contributed by atoms with Gasteiger partial charge in [0, 0.05) is 23.0 Å². The molecule has 1 aliphatic carbocycles. The number of nitrogens with zero attached hydrogens (tertiary/aromatic N) is 2. The van der Waals surface area contributed by atoms with Crippen LogP contribution in [-0.2, 0) is 12.3 Å². The van der Waals surface area contributed by atoms with E-state index in [0.29, 0.717) is 0 Å². The molecule has 1 fully saturated rings. The zero-order valence-electron chi connectivity index (χ0n) is 13.9. The highest BCUT2D eigenvalue weighted by atomic mass is 32.2. The minimum atomic E-state index is 0.121. The van der Waals surface area contributed by atoms with Crippen molar-refractivity contribution in [3.05, 3.63) is 23.3 Å². The Bertz CT molecular complexity index is 448. The van der Waals surface area contributed by atoms with Crippen LogP contribution in [0.4, 0.5) is 0 Å². The van der Waals surface area contributed by atoms with Crippen molar-refractivity contribution in [1.82, 2.24) is 15.3 Å². The van der Waals surface area contributed by atoms with E-state index in [4.69, 9.17) is 4.98 Å². The monoisotopic (exact) mass is 307 g/mol. The van der Waals surface area contributed by atoms with Gasteiger partial charge in [0.1, 0.15) is 5.82 Å². The Labute approximate surface area is 133 Å². The highest BCUT2D eigenvalue weighted by molar-refractivity contribution is 7.99. The van der Waals surface area contributed by atoms with Gasteiger partial charge in [-0.05, 0) is 46.6 Å². The van der Waals surface area contributed by atoms with Crippen molar-refractivity contribution in [2.45, 2.75) is 82.9 Å². The first kappa shape index (κ1) is 16.8. The molecule has 0 spiro atoms. The average molecular weight is 308 g/mol. The molecule has 1 aromatic heterocycles. The number of thioether (sulfide) groups is 1. The first-order chi connectivity index (χ1) is 9.92. The van der Waals surface area contributed by atoms with Crippen molar-refractivity contribution in [1.29, 1.82) is 0 Å². The second-order valence-electron chi connectivity index (χ2n) is 7.09.